The zero-order chi connectivity index (χ0) is 23.3. The highest BCUT2D eigenvalue weighted by atomic mass is 35.5. The molecule has 0 bridgehead atoms. The zero-order valence-electron chi connectivity index (χ0n) is 16.0. The van der Waals surface area contributed by atoms with E-state index >= 15 is 0 Å². The minimum Gasteiger partial charge on any atom is -0.390 e. The Morgan fingerprint density at radius 1 is 1.22 bits per heavy atom. The summed E-state index contributed by atoms with van der Waals surface area (Å²) in [7, 11) is 0. The van der Waals surface area contributed by atoms with Gasteiger partial charge < -0.3 is 15.5 Å². The second-order valence-electron chi connectivity index (χ2n) is 6.44. The molecule has 0 spiro atoms. The third kappa shape index (κ3) is 6.58. The lowest BCUT2D eigenvalue weighted by Crippen LogP contribution is -2.46. The number of benzene rings is 1. The molecule has 2 aromatic rings. The second-order valence-corrected chi connectivity index (χ2v) is 7.69. The van der Waals surface area contributed by atoms with E-state index in [0.29, 0.717) is 16.9 Å². The van der Waals surface area contributed by atoms with Crippen molar-refractivity contribution in [2.45, 2.75) is 18.7 Å². The van der Waals surface area contributed by atoms with Gasteiger partial charge in [0, 0.05) is 23.3 Å². The van der Waals surface area contributed by atoms with Crippen LogP contribution >= 0.6 is 35.4 Å². The topological polar surface area (TPSA) is 99.7 Å². The molecule has 1 amide bonds. The number of pyridine rings is 1. The van der Waals surface area contributed by atoms with E-state index in [1.54, 1.807) is 24.3 Å². The number of rotatable bonds is 5. The fourth-order valence-electron chi connectivity index (χ4n) is 2.49. The molecule has 14 heteroatoms. The molecular formula is C18H15Cl2F3N6O2S. The largest absolute Gasteiger partial charge is 0.417 e. The summed E-state index contributed by atoms with van der Waals surface area (Å²) in [5.74, 6) is -0.500. The van der Waals surface area contributed by atoms with Crippen molar-refractivity contribution in [3.8, 4) is 0 Å². The Morgan fingerprint density at radius 3 is 2.59 bits per heavy atom. The van der Waals surface area contributed by atoms with E-state index in [1.807, 2.05) is 0 Å². The van der Waals surface area contributed by atoms with Gasteiger partial charge >= 0.3 is 6.18 Å². The van der Waals surface area contributed by atoms with Crippen LogP contribution in [0.2, 0.25) is 10.0 Å². The van der Waals surface area contributed by atoms with Crippen LogP contribution in [0.5, 0.6) is 0 Å². The Labute approximate surface area is 195 Å². The van der Waals surface area contributed by atoms with Crippen LogP contribution in [-0.2, 0) is 15.8 Å². The van der Waals surface area contributed by atoms with E-state index in [1.165, 1.54) is 0 Å². The molecule has 0 fully saturated rings. The highest BCUT2D eigenvalue weighted by Gasteiger charge is 2.32. The average molecular weight is 507 g/mol. The first kappa shape index (κ1) is 23.8. The van der Waals surface area contributed by atoms with Crippen LogP contribution in [0.15, 0.2) is 41.7 Å². The van der Waals surface area contributed by atoms with Crippen molar-refractivity contribution in [2.24, 2.45) is 5.16 Å². The molecule has 1 aliphatic heterocycles. The predicted molar refractivity (Wildman–Crippen MR) is 119 cm³/mol. The van der Waals surface area contributed by atoms with E-state index in [4.69, 9.17) is 40.3 Å². The van der Waals surface area contributed by atoms with Gasteiger partial charge in [0.1, 0.15) is 11.5 Å². The number of anilines is 2. The Hall–Kier alpha value is -2.83. The first-order chi connectivity index (χ1) is 15.1. The van der Waals surface area contributed by atoms with Crippen LogP contribution in [0.3, 0.4) is 0 Å². The molecule has 0 saturated carbocycles. The highest BCUT2D eigenvalue weighted by Crippen LogP contribution is 2.32. The molecule has 1 unspecified atom stereocenters. The molecule has 4 N–H and O–H groups in total. The van der Waals surface area contributed by atoms with E-state index in [0.717, 1.165) is 6.07 Å². The lowest BCUT2D eigenvalue weighted by Gasteiger charge is -2.13. The smallest absolute Gasteiger partial charge is 0.390 e. The van der Waals surface area contributed by atoms with Crippen LogP contribution in [0.25, 0.3) is 0 Å². The SMILES string of the molecule is O=C(NNC(=S)Nc1ccc(Cl)cc1)C1=NOC(CNc2ncc(C(F)(F)F)cc2Cl)C1. The molecule has 0 radical (unpaired) electrons. The summed E-state index contributed by atoms with van der Waals surface area (Å²) in [6.45, 7) is 0.113. The predicted octanol–water partition coefficient (Wildman–Crippen LogP) is 3.98. The van der Waals surface area contributed by atoms with E-state index in [9.17, 15) is 18.0 Å². The van der Waals surface area contributed by atoms with Crippen molar-refractivity contribution in [1.29, 1.82) is 0 Å². The first-order valence-corrected chi connectivity index (χ1v) is 10.1. The van der Waals surface area contributed by atoms with Crippen molar-refractivity contribution < 1.29 is 22.8 Å². The van der Waals surface area contributed by atoms with Gasteiger partial charge in [0.15, 0.2) is 11.2 Å². The Bertz CT molecular complexity index is 1040. The Balaban J connectivity index is 1.42. The molecule has 8 nitrogen and oxygen atoms in total. The molecule has 32 heavy (non-hydrogen) atoms. The number of alkyl halides is 3. The van der Waals surface area contributed by atoms with E-state index in [-0.39, 0.29) is 34.6 Å². The van der Waals surface area contributed by atoms with Gasteiger partial charge in [-0.2, -0.15) is 13.2 Å². The zero-order valence-corrected chi connectivity index (χ0v) is 18.3. The number of nitrogens with zero attached hydrogens (tertiary/aromatic N) is 2. The fraction of sp³-hybridized carbons (Fsp3) is 0.222. The van der Waals surface area contributed by atoms with Crippen LogP contribution < -0.4 is 21.5 Å². The summed E-state index contributed by atoms with van der Waals surface area (Å²) in [4.78, 5) is 21.0. The molecule has 1 aromatic carbocycles. The first-order valence-electron chi connectivity index (χ1n) is 8.94. The van der Waals surface area contributed by atoms with Crippen molar-refractivity contribution in [2.75, 3.05) is 17.2 Å². The summed E-state index contributed by atoms with van der Waals surface area (Å²) >= 11 is 16.7. The Kier molecular flexibility index (Phi) is 7.59. The molecular weight excluding hydrogens is 492 g/mol. The maximum absolute atomic E-state index is 12.7. The number of hydrogen-bond acceptors (Lipinski definition) is 6. The number of aromatic nitrogens is 1. The van der Waals surface area contributed by atoms with Gasteiger partial charge in [-0.05, 0) is 42.5 Å². The van der Waals surface area contributed by atoms with Gasteiger partial charge in [0.2, 0.25) is 0 Å². The van der Waals surface area contributed by atoms with Gasteiger partial charge in [0.25, 0.3) is 5.91 Å². The summed E-state index contributed by atoms with van der Waals surface area (Å²) in [6, 6.07) is 7.55. The molecule has 0 saturated heterocycles. The summed E-state index contributed by atoms with van der Waals surface area (Å²) in [5, 5.41) is 9.87. The number of hydrazine groups is 1. The van der Waals surface area contributed by atoms with Crippen molar-refractivity contribution in [1.82, 2.24) is 15.8 Å². The minimum atomic E-state index is -4.54. The molecule has 1 aliphatic rings. The maximum Gasteiger partial charge on any atom is 0.417 e. The van der Waals surface area contributed by atoms with E-state index < -0.39 is 23.8 Å². The van der Waals surface area contributed by atoms with Gasteiger partial charge in [0.05, 0.1) is 17.1 Å². The number of hydrogen-bond donors (Lipinski definition) is 4. The van der Waals surface area contributed by atoms with Gasteiger partial charge in [-0.15, -0.1) is 0 Å². The average Bonchev–Trinajstić information content (AvgIpc) is 3.21. The maximum atomic E-state index is 12.7. The van der Waals surface area contributed by atoms with Crippen LogP contribution in [0.4, 0.5) is 24.7 Å². The monoisotopic (exact) mass is 506 g/mol. The third-order valence-electron chi connectivity index (χ3n) is 4.05. The van der Waals surface area contributed by atoms with Crippen LogP contribution in [0.1, 0.15) is 12.0 Å². The fourth-order valence-corrected chi connectivity index (χ4v) is 3.01. The second kappa shape index (κ2) is 10.2. The third-order valence-corrected chi connectivity index (χ3v) is 4.80. The molecule has 1 atom stereocenters. The van der Waals surface area contributed by atoms with Gasteiger partial charge in [-0.3, -0.25) is 15.6 Å². The van der Waals surface area contributed by atoms with Crippen molar-refractivity contribution in [3.05, 3.63) is 52.1 Å². The standard InChI is InChI=1S/C18H15Cl2F3N6O2S/c19-10-1-3-11(4-2-10)26-17(32)28-27-16(30)14-6-12(31-29-14)8-25-15-13(20)5-9(7-24-15)18(21,22)23/h1-5,7,12H,6,8H2,(H,24,25)(H,27,30)(H2,26,28,32). The summed E-state index contributed by atoms with van der Waals surface area (Å²) in [5.41, 5.74) is 4.74. The van der Waals surface area contributed by atoms with Gasteiger partial charge in [-0.25, -0.2) is 4.98 Å². The molecule has 3 rings (SSSR count). The van der Waals surface area contributed by atoms with Gasteiger partial charge in [-0.1, -0.05) is 28.4 Å². The lowest BCUT2D eigenvalue weighted by molar-refractivity contribution is -0.137. The molecule has 0 aliphatic carbocycles. The normalized spacial score (nSPS) is 15.4. The summed E-state index contributed by atoms with van der Waals surface area (Å²) in [6.07, 6.45) is -4.27. The van der Waals surface area contributed by atoms with E-state index in [2.05, 4.69) is 31.6 Å². The number of oxime groups is 1. The number of carbonyl (C=O) groups excluding carboxylic acids is 1. The lowest BCUT2D eigenvalue weighted by atomic mass is 10.1. The molecule has 1 aromatic heterocycles. The Morgan fingerprint density at radius 2 is 1.94 bits per heavy atom. The minimum absolute atomic E-state index is 0.0569. The quantitative estimate of drug-likeness (QED) is 0.359. The highest BCUT2D eigenvalue weighted by molar-refractivity contribution is 7.80. The number of thiocarbonyl (C=S) groups is 1. The molecule has 2 heterocycles. The number of amides is 1. The summed E-state index contributed by atoms with van der Waals surface area (Å²) < 4.78 is 38.0. The number of nitrogens with one attached hydrogen (secondary N) is 4. The van der Waals surface area contributed by atoms with Crippen molar-refractivity contribution in [3.63, 3.8) is 0 Å². The number of carbonyl (C=O) groups is 1. The van der Waals surface area contributed by atoms with Crippen molar-refractivity contribution >= 4 is 63.7 Å². The number of halogens is 5. The van der Waals surface area contributed by atoms with Crippen LogP contribution in [-0.4, -0.2) is 34.4 Å². The van der Waals surface area contributed by atoms with Crippen LogP contribution in [0, 0.1) is 0 Å². The molecule has 170 valence electrons.